The molecule has 0 bridgehead atoms. The number of halogens is 3. The molecule has 6 nitrogen and oxygen atoms in total. The first-order valence-electron chi connectivity index (χ1n) is 8.32. The molecular formula is C18H17F3N4O2S. The van der Waals surface area contributed by atoms with Crippen molar-refractivity contribution >= 4 is 28.1 Å². The molecule has 28 heavy (non-hydrogen) atoms. The van der Waals surface area contributed by atoms with Crippen molar-refractivity contribution in [2.75, 3.05) is 0 Å². The van der Waals surface area contributed by atoms with Crippen molar-refractivity contribution < 1.29 is 22.8 Å². The van der Waals surface area contributed by atoms with Crippen molar-refractivity contribution in [3.8, 4) is 11.3 Å². The van der Waals surface area contributed by atoms with Gasteiger partial charge in [-0.1, -0.05) is 26.0 Å². The molecule has 0 unspecified atom stereocenters. The molecule has 0 saturated carbocycles. The van der Waals surface area contributed by atoms with Gasteiger partial charge in [-0.25, -0.2) is 4.98 Å². The van der Waals surface area contributed by atoms with Crippen LogP contribution in [0, 0.1) is 5.92 Å². The number of fused-ring (bicyclic) bond motifs is 1. The monoisotopic (exact) mass is 410 g/mol. The van der Waals surface area contributed by atoms with Gasteiger partial charge < -0.3 is 11.1 Å². The maximum absolute atomic E-state index is 12.9. The number of nitrogens with two attached hydrogens (primary N) is 1. The minimum atomic E-state index is -4.46. The van der Waals surface area contributed by atoms with E-state index < -0.39 is 29.6 Å². The van der Waals surface area contributed by atoms with E-state index in [2.05, 4.69) is 10.3 Å². The van der Waals surface area contributed by atoms with Crippen molar-refractivity contribution in [3.63, 3.8) is 0 Å². The number of primary amides is 1. The molecule has 0 spiro atoms. The Bertz CT molecular complexity index is 1040. The van der Waals surface area contributed by atoms with Crippen LogP contribution in [0.2, 0.25) is 0 Å². The van der Waals surface area contributed by atoms with E-state index in [0.29, 0.717) is 10.7 Å². The Balaban J connectivity index is 1.94. The van der Waals surface area contributed by atoms with Crippen molar-refractivity contribution in [2.24, 2.45) is 11.7 Å². The van der Waals surface area contributed by atoms with Crippen LogP contribution in [0.15, 0.2) is 35.8 Å². The number of hydrogen-bond donors (Lipinski definition) is 2. The number of alkyl halides is 3. The molecule has 1 aromatic carbocycles. The molecule has 0 aliphatic heterocycles. The normalized spacial score (nSPS) is 13.1. The number of nitrogens with one attached hydrogen (secondary N) is 1. The Labute approximate surface area is 162 Å². The van der Waals surface area contributed by atoms with E-state index in [-0.39, 0.29) is 17.2 Å². The van der Waals surface area contributed by atoms with Crippen LogP contribution in [0.25, 0.3) is 16.2 Å². The number of benzene rings is 1. The van der Waals surface area contributed by atoms with E-state index in [0.717, 1.165) is 23.5 Å². The van der Waals surface area contributed by atoms with E-state index in [1.807, 2.05) is 0 Å². The standard InChI is InChI=1S/C18H17F3N4O2S/c1-9(2)14(15(22)26)24-16(27)13-8-28-17-23-12(7-25(13)17)10-4-3-5-11(6-10)18(19,20)21/h3-9,14H,1-2H3,(H2,22,26)(H,24,27)/t14-/m0/s1. The average Bonchev–Trinajstić information content (AvgIpc) is 3.18. The Hall–Kier alpha value is -2.88. The lowest BCUT2D eigenvalue weighted by molar-refractivity contribution is -0.137. The first-order valence-corrected chi connectivity index (χ1v) is 9.20. The second kappa shape index (κ2) is 7.27. The molecule has 2 amide bonds. The summed E-state index contributed by atoms with van der Waals surface area (Å²) < 4.78 is 40.3. The van der Waals surface area contributed by atoms with E-state index in [9.17, 15) is 22.8 Å². The number of thiazole rings is 1. The van der Waals surface area contributed by atoms with Gasteiger partial charge in [0.2, 0.25) is 5.91 Å². The lowest BCUT2D eigenvalue weighted by Gasteiger charge is -2.18. The first-order chi connectivity index (χ1) is 13.1. The van der Waals surface area contributed by atoms with Crippen LogP contribution in [-0.2, 0) is 11.0 Å². The SMILES string of the molecule is CC(C)[C@H](NC(=O)c1csc2nc(-c3cccc(C(F)(F)F)c3)cn12)C(N)=O. The summed E-state index contributed by atoms with van der Waals surface area (Å²) in [6, 6.07) is 3.97. The van der Waals surface area contributed by atoms with Crippen LogP contribution in [-0.4, -0.2) is 27.2 Å². The minimum Gasteiger partial charge on any atom is -0.368 e. The number of imidazole rings is 1. The highest BCUT2D eigenvalue weighted by atomic mass is 32.1. The summed E-state index contributed by atoms with van der Waals surface area (Å²) in [7, 11) is 0. The summed E-state index contributed by atoms with van der Waals surface area (Å²) >= 11 is 1.16. The topological polar surface area (TPSA) is 89.5 Å². The van der Waals surface area contributed by atoms with Crippen LogP contribution in [0.3, 0.4) is 0 Å². The third-order valence-corrected chi connectivity index (χ3v) is 5.03. The van der Waals surface area contributed by atoms with Gasteiger partial charge in [0.15, 0.2) is 4.96 Å². The zero-order chi connectivity index (χ0) is 20.6. The quantitative estimate of drug-likeness (QED) is 0.676. The number of carbonyl (C=O) groups excluding carboxylic acids is 2. The van der Waals surface area contributed by atoms with Crippen molar-refractivity contribution in [3.05, 3.63) is 47.1 Å². The molecule has 3 rings (SSSR count). The fourth-order valence-electron chi connectivity index (χ4n) is 2.72. The van der Waals surface area contributed by atoms with Gasteiger partial charge in [0.05, 0.1) is 11.3 Å². The van der Waals surface area contributed by atoms with Gasteiger partial charge in [-0.3, -0.25) is 14.0 Å². The van der Waals surface area contributed by atoms with Gasteiger partial charge >= 0.3 is 6.18 Å². The lowest BCUT2D eigenvalue weighted by atomic mass is 10.0. The molecule has 0 aliphatic carbocycles. The van der Waals surface area contributed by atoms with Crippen LogP contribution in [0.1, 0.15) is 29.9 Å². The summed E-state index contributed by atoms with van der Waals surface area (Å²) in [5.41, 5.74) is 5.36. The second-order valence-corrected chi connectivity index (χ2v) is 7.41. The Morgan fingerprint density at radius 2 is 2.00 bits per heavy atom. The van der Waals surface area contributed by atoms with Gasteiger partial charge in [0, 0.05) is 17.1 Å². The van der Waals surface area contributed by atoms with Crippen LogP contribution < -0.4 is 11.1 Å². The number of rotatable bonds is 5. The molecule has 3 aromatic rings. The molecule has 10 heteroatoms. The summed E-state index contributed by atoms with van der Waals surface area (Å²) in [6.07, 6.45) is -2.97. The Morgan fingerprint density at radius 3 is 2.61 bits per heavy atom. The lowest BCUT2D eigenvalue weighted by Crippen LogP contribution is -2.47. The van der Waals surface area contributed by atoms with Gasteiger partial charge in [-0.05, 0) is 18.1 Å². The molecule has 0 radical (unpaired) electrons. The molecule has 0 fully saturated rings. The zero-order valence-electron chi connectivity index (χ0n) is 14.9. The predicted molar refractivity (Wildman–Crippen MR) is 98.8 cm³/mol. The largest absolute Gasteiger partial charge is 0.416 e. The van der Waals surface area contributed by atoms with Crippen molar-refractivity contribution in [2.45, 2.75) is 26.1 Å². The van der Waals surface area contributed by atoms with Crippen molar-refractivity contribution in [1.29, 1.82) is 0 Å². The number of hydrogen-bond acceptors (Lipinski definition) is 4. The summed E-state index contributed by atoms with van der Waals surface area (Å²) in [5.74, 6) is -1.36. The fourth-order valence-corrected chi connectivity index (χ4v) is 3.58. The van der Waals surface area contributed by atoms with Gasteiger partial charge in [-0.15, -0.1) is 11.3 Å². The zero-order valence-corrected chi connectivity index (χ0v) is 15.8. The average molecular weight is 410 g/mol. The maximum Gasteiger partial charge on any atom is 0.416 e. The van der Waals surface area contributed by atoms with Crippen molar-refractivity contribution in [1.82, 2.24) is 14.7 Å². The second-order valence-electron chi connectivity index (χ2n) is 6.58. The molecule has 0 aliphatic rings. The van der Waals surface area contributed by atoms with Crippen LogP contribution in [0.5, 0.6) is 0 Å². The van der Waals surface area contributed by atoms with E-state index in [4.69, 9.17) is 5.73 Å². The number of aromatic nitrogens is 2. The van der Waals surface area contributed by atoms with Gasteiger partial charge in [-0.2, -0.15) is 13.2 Å². The molecule has 1 atom stereocenters. The van der Waals surface area contributed by atoms with Gasteiger partial charge in [0.1, 0.15) is 11.7 Å². The highest BCUT2D eigenvalue weighted by molar-refractivity contribution is 7.15. The smallest absolute Gasteiger partial charge is 0.368 e. The van der Waals surface area contributed by atoms with E-state index in [1.54, 1.807) is 19.2 Å². The van der Waals surface area contributed by atoms with Crippen LogP contribution in [0.4, 0.5) is 13.2 Å². The highest BCUT2D eigenvalue weighted by Crippen LogP contribution is 2.32. The third-order valence-electron chi connectivity index (χ3n) is 4.19. The highest BCUT2D eigenvalue weighted by Gasteiger charge is 2.30. The first kappa shape index (κ1) is 19.9. The summed E-state index contributed by atoms with van der Waals surface area (Å²) in [4.78, 5) is 28.8. The molecule has 2 aromatic heterocycles. The maximum atomic E-state index is 12.9. The van der Waals surface area contributed by atoms with Gasteiger partial charge in [0.25, 0.3) is 5.91 Å². The number of carbonyl (C=O) groups is 2. The molecule has 2 heterocycles. The predicted octanol–water partition coefficient (Wildman–Crippen LogP) is 3.32. The third kappa shape index (κ3) is 3.86. The fraction of sp³-hybridized carbons (Fsp3) is 0.278. The molecule has 0 saturated heterocycles. The molecule has 3 N–H and O–H groups in total. The minimum absolute atomic E-state index is 0.195. The molecular weight excluding hydrogens is 393 g/mol. The summed E-state index contributed by atoms with van der Waals surface area (Å²) in [6.45, 7) is 3.50. The van der Waals surface area contributed by atoms with E-state index in [1.165, 1.54) is 22.7 Å². The Kier molecular flexibility index (Phi) is 5.16. The number of nitrogens with zero attached hydrogens (tertiary/aromatic N) is 2. The summed E-state index contributed by atoms with van der Waals surface area (Å²) in [5, 5.41) is 4.15. The van der Waals surface area contributed by atoms with E-state index >= 15 is 0 Å². The number of amides is 2. The molecule has 148 valence electrons. The van der Waals surface area contributed by atoms with Crippen LogP contribution >= 0.6 is 11.3 Å². The Morgan fingerprint density at radius 1 is 1.29 bits per heavy atom.